The summed E-state index contributed by atoms with van der Waals surface area (Å²) in [6.07, 6.45) is 1.68. The smallest absolute Gasteiger partial charge is 0.244 e. The quantitative estimate of drug-likeness (QED) is 0.875. The van der Waals surface area contributed by atoms with Crippen molar-refractivity contribution in [3.05, 3.63) is 18.3 Å². The number of carbonyl (C=O) groups is 1. The molecule has 1 fully saturated rings. The van der Waals surface area contributed by atoms with E-state index >= 15 is 0 Å². The van der Waals surface area contributed by atoms with Crippen LogP contribution in [0.1, 0.15) is 13.8 Å². The second-order valence-corrected chi connectivity index (χ2v) is 4.59. The number of ether oxygens (including phenoxy) is 2. The third kappa shape index (κ3) is 3.60. The number of hydrogen-bond donors (Lipinski definition) is 1. The van der Waals surface area contributed by atoms with Gasteiger partial charge in [0.05, 0.1) is 19.8 Å². The summed E-state index contributed by atoms with van der Waals surface area (Å²) in [7, 11) is 0. The molecule has 6 heteroatoms. The summed E-state index contributed by atoms with van der Waals surface area (Å²) >= 11 is 0. The molecule has 0 saturated carbocycles. The van der Waals surface area contributed by atoms with E-state index in [0.717, 1.165) is 0 Å². The van der Waals surface area contributed by atoms with Crippen LogP contribution >= 0.6 is 0 Å². The lowest BCUT2D eigenvalue weighted by molar-refractivity contribution is -0.135. The number of hydrogen-bond acceptors (Lipinski definition) is 5. The van der Waals surface area contributed by atoms with Gasteiger partial charge in [-0.15, -0.1) is 0 Å². The maximum atomic E-state index is 12.3. The number of amides is 1. The van der Waals surface area contributed by atoms with E-state index < -0.39 is 0 Å². The molecule has 0 bridgehead atoms. The van der Waals surface area contributed by atoms with Crippen molar-refractivity contribution in [3.63, 3.8) is 0 Å². The molecular formula is C14H21N3O3. The molecule has 0 aliphatic carbocycles. The van der Waals surface area contributed by atoms with Crippen LogP contribution in [0.15, 0.2) is 18.3 Å². The number of rotatable bonds is 5. The fraction of sp³-hybridized carbons (Fsp3) is 0.571. The Hall–Kier alpha value is -1.82. The van der Waals surface area contributed by atoms with Crippen LogP contribution in [0.5, 0.6) is 5.75 Å². The van der Waals surface area contributed by atoms with Crippen molar-refractivity contribution in [2.75, 3.05) is 38.2 Å². The van der Waals surface area contributed by atoms with E-state index in [1.54, 1.807) is 6.20 Å². The molecule has 1 unspecified atom stereocenters. The molecule has 0 aromatic carbocycles. The lowest BCUT2D eigenvalue weighted by Gasteiger charge is -2.29. The first-order chi connectivity index (χ1) is 9.72. The number of carbonyl (C=O) groups excluding carboxylic acids is 1. The Morgan fingerprint density at radius 3 is 3.00 bits per heavy atom. The maximum Gasteiger partial charge on any atom is 0.244 e. The van der Waals surface area contributed by atoms with Crippen molar-refractivity contribution < 1.29 is 14.3 Å². The molecular weight excluding hydrogens is 258 g/mol. The Morgan fingerprint density at radius 2 is 2.30 bits per heavy atom. The predicted octanol–water partition coefficient (Wildman–Crippen LogP) is 1.14. The fourth-order valence-electron chi connectivity index (χ4n) is 2.10. The highest BCUT2D eigenvalue weighted by Gasteiger charge is 2.23. The number of morpholine rings is 1. The maximum absolute atomic E-state index is 12.3. The van der Waals surface area contributed by atoms with Crippen LogP contribution in [0.25, 0.3) is 0 Å². The molecule has 1 amide bonds. The van der Waals surface area contributed by atoms with Crippen molar-refractivity contribution in [2.24, 2.45) is 0 Å². The molecule has 1 saturated heterocycles. The number of nitrogens with one attached hydrogen (secondary N) is 1. The lowest BCUT2D eigenvalue weighted by atomic mass is 10.2. The minimum Gasteiger partial charge on any atom is -0.490 e. The van der Waals surface area contributed by atoms with Crippen molar-refractivity contribution in [3.8, 4) is 5.75 Å². The van der Waals surface area contributed by atoms with Gasteiger partial charge in [-0.2, -0.15) is 0 Å². The third-order valence-corrected chi connectivity index (χ3v) is 3.12. The normalized spacial score (nSPS) is 16.6. The average molecular weight is 279 g/mol. The van der Waals surface area contributed by atoms with E-state index in [-0.39, 0.29) is 11.9 Å². The van der Waals surface area contributed by atoms with Gasteiger partial charge >= 0.3 is 0 Å². The summed E-state index contributed by atoms with van der Waals surface area (Å²) in [6.45, 7) is 6.81. The van der Waals surface area contributed by atoms with Gasteiger partial charge in [-0.1, -0.05) is 0 Å². The Morgan fingerprint density at radius 1 is 1.55 bits per heavy atom. The average Bonchev–Trinajstić information content (AvgIpc) is 2.49. The molecule has 1 aromatic rings. The molecule has 1 aliphatic rings. The van der Waals surface area contributed by atoms with Gasteiger partial charge < -0.3 is 19.7 Å². The summed E-state index contributed by atoms with van der Waals surface area (Å²) in [4.78, 5) is 18.4. The molecule has 1 N–H and O–H groups in total. The molecule has 6 nitrogen and oxygen atoms in total. The topological polar surface area (TPSA) is 63.7 Å². The summed E-state index contributed by atoms with van der Waals surface area (Å²) in [5, 5.41) is 3.12. The monoisotopic (exact) mass is 279 g/mol. The molecule has 2 heterocycles. The van der Waals surface area contributed by atoms with Crippen LogP contribution in [-0.2, 0) is 9.53 Å². The first-order valence-corrected chi connectivity index (χ1v) is 6.93. The molecule has 1 aromatic heterocycles. The van der Waals surface area contributed by atoms with Gasteiger partial charge in [-0.3, -0.25) is 4.79 Å². The molecule has 0 spiro atoms. The van der Waals surface area contributed by atoms with Crippen LogP contribution in [0, 0.1) is 0 Å². The number of aromatic nitrogens is 1. The summed E-state index contributed by atoms with van der Waals surface area (Å²) in [5.41, 5.74) is 0. The molecule has 1 atom stereocenters. The van der Waals surface area contributed by atoms with Crippen molar-refractivity contribution in [1.82, 2.24) is 9.88 Å². The summed E-state index contributed by atoms with van der Waals surface area (Å²) in [6, 6.07) is 3.30. The van der Waals surface area contributed by atoms with Crippen molar-refractivity contribution in [2.45, 2.75) is 19.9 Å². The van der Waals surface area contributed by atoms with Gasteiger partial charge in [0, 0.05) is 19.3 Å². The van der Waals surface area contributed by atoms with E-state index in [4.69, 9.17) is 9.47 Å². The predicted molar refractivity (Wildman–Crippen MR) is 75.9 cm³/mol. The molecule has 1 aliphatic heterocycles. The van der Waals surface area contributed by atoms with Crippen molar-refractivity contribution in [1.29, 1.82) is 0 Å². The van der Waals surface area contributed by atoms with E-state index in [0.29, 0.717) is 44.5 Å². The minimum absolute atomic E-state index is 0.0569. The van der Waals surface area contributed by atoms with E-state index in [1.807, 2.05) is 30.9 Å². The standard InChI is InChI=1S/C14H21N3O3/c1-3-20-12-5-4-6-15-13(12)16-11(2)14(18)17-7-9-19-10-8-17/h4-6,11H,3,7-10H2,1-2H3,(H,15,16). The van der Waals surface area contributed by atoms with Gasteiger partial charge in [-0.25, -0.2) is 4.98 Å². The van der Waals surface area contributed by atoms with E-state index in [9.17, 15) is 4.79 Å². The highest BCUT2D eigenvalue weighted by molar-refractivity contribution is 5.84. The first kappa shape index (κ1) is 14.6. The number of nitrogens with zero attached hydrogens (tertiary/aromatic N) is 2. The van der Waals surface area contributed by atoms with Crippen LogP contribution in [0.4, 0.5) is 5.82 Å². The number of pyridine rings is 1. The van der Waals surface area contributed by atoms with Gasteiger partial charge in [0.2, 0.25) is 5.91 Å². The number of anilines is 1. The first-order valence-electron chi connectivity index (χ1n) is 6.93. The van der Waals surface area contributed by atoms with Gasteiger partial charge in [0.25, 0.3) is 0 Å². The van der Waals surface area contributed by atoms with Crippen LogP contribution in [0.3, 0.4) is 0 Å². The van der Waals surface area contributed by atoms with Gasteiger partial charge in [0.1, 0.15) is 6.04 Å². The highest BCUT2D eigenvalue weighted by atomic mass is 16.5. The Balaban J connectivity index is 1.99. The largest absolute Gasteiger partial charge is 0.490 e. The van der Waals surface area contributed by atoms with E-state index in [1.165, 1.54) is 0 Å². The SMILES string of the molecule is CCOc1cccnc1NC(C)C(=O)N1CCOCC1. The fourth-order valence-corrected chi connectivity index (χ4v) is 2.10. The molecule has 20 heavy (non-hydrogen) atoms. The Kier molecular flexibility index (Phi) is 5.17. The Bertz CT molecular complexity index is 447. The van der Waals surface area contributed by atoms with Crippen LogP contribution in [0.2, 0.25) is 0 Å². The van der Waals surface area contributed by atoms with Crippen molar-refractivity contribution >= 4 is 11.7 Å². The zero-order valence-electron chi connectivity index (χ0n) is 12.0. The molecule has 0 radical (unpaired) electrons. The second kappa shape index (κ2) is 7.09. The zero-order chi connectivity index (χ0) is 14.4. The molecule has 2 rings (SSSR count). The van der Waals surface area contributed by atoms with Gasteiger partial charge in [0.15, 0.2) is 11.6 Å². The molecule has 110 valence electrons. The van der Waals surface area contributed by atoms with E-state index in [2.05, 4.69) is 10.3 Å². The summed E-state index contributed by atoms with van der Waals surface area (Å²) in [5.74, 6) is 1.32. The highest BCUT2D eigenvalue weighted by Crippen LogP contribution is 2.21. The zero-order valence-corrected chi connectivity index (χ0v) is 12.0. The summed E-state index contributed by atoms with van der Waals surface area (Å²) < 4.78 is 10.7. The second-order valence-electron chi connectivity index (χ2n) is 4.59. The third-order valence-electron chi connectivity index (χ3n) is 3.12. The Labute approximate surface area is 119 Å². The minimum atomic E-state index is -0.345. The van der Waals surface area contributed by atoms with Gasteiger partial charge in [-0.05, 0) is 26.0 Å². The van der Waals surface area contributed by atoms with Crippen LogP contribution in [-0.4, -0.2) is 54.7 Å². The lowest BCUT2D eigenvalue weighted by Crippen LogP contribution is -2.47. The van der Waals surface area contributed by atoms with Crippen LogP contribution < -0.4 is 10.1 Å².